The number of piperazine rings is 1. The van der Waals surface area contributed by atoms with E-state index >= 15 is 0 Å². The maximum atomic E-state index is 14.7. The zero-order valence-electron chi connectivity index (χ0n) is 27.9. The fourth-order valence-electron chi connectivity index (χ4n) is 7.29. The second-order valence-electron chi connectivity index (χ2n) is 13.2. The molecule has 4 aliphatic rings. The van der Waals surface area contributed by atoms with Gasteiger partial charge in [-0.15, -0.1) is 0 Å². The van der Waals surface area contributed by atoms with Crippen LogP contribution in [0.1, 0.15) is 43.7 Å². The first-order chi connectivity index (χ1) is 23.9. The number of rotatable bonds is 11. The Morgan fingerprint density at radius 1 is 1.00 bits per heavy atom. The number of ether oxygens (including phenoxy) is 1. The van der Waals surface area contributed by atoms with Crippen LogP contribution in [0.5, 0.6) is 5.75 Å². The van der Waals surface area contributed by atoms with Crippen LogP contribution >= 0.6 is 0 Å². The second-order valence-corrected chi connectivity index (χ2v) is 13.2. The maximum Gasteiger partial charge on any atom is 0.247 e. The Hall–Kier alpha value is -4.33. The maximum absolute atomic E-state index is 14.7. The highest BCUT2D eigenvalue weighted by molar-refractivity contribution is 6.02. The highest BCUT2D eigenvalue weighted by Crippen LogP contribution is 2.41. The smallest absolute Gasteiger partial charge is 0.247 e. The second kappa shape index (κ2) is 14.7. The molecule has 13 heteroatoms. The van der Waals surface area contributed by atoms with Gasteiger partial charge in [-0.1, -0.05) is 12.6 Å². The number of hydrogen-bond acceptors (Lipinski definition) is 10. The van der Waals surface area contributed by atoms with Crippen molar-refractivity contribution in [2.45, 2.75) is 44.2 Å². The molecule has 4 heterocycles. The van der Waals surface area contributed by atoms with Gasteiger partial charge in [-0.3, -0.25) is 14.5 Å². The van der Waals surface area contributed by atoms with E-state index in [9.17, 15) is 13.6 Å². The van der Waals surface area contributed by atoms with Crippen molar-refractivity contribution in [1.82, 2.24) is 19.8 Å². The van der Waals surface area contributed by atoms with Gasteiger partial charge in [0.15, 0.2) is 5.82 Å². The predicted octanol–water partition coefficient (Wildman–Crippen LogP) is 5.51. The van der Waals surface area contributed by atoms with E-state index in [1.54, 1.807) is 13.2 Å². The topological polar surface area (TPSA) is 98.3 Å². The summed E-state index contributed by atoms with van der Waals surface area (Å²) in [6.07, 6.45) is 7.87. The highest BCUT2D eigenvalue weighted by atomic mass is 19.1. The molecule has 3 aliphatic heterocycles. The van der Waals surface area contributed by atoms with Crippen LogP contribution in [-0.2, 0) is 9.63 Å². The largest absolute Gasteiger partial charge is 0.494 e. The van der Waals surface area contributed by atoms with Crippen molar-refractivity contribution in [2.24, 2.45) is 5.92 Å². The SMILES string of the molecule is C=CC(=O)Nc1cc(Nc2cc(N3OCC[C@H]3c3c(F)cccc3F)ncn2)c(OC)cc1N1CCC(N2CCN(CC3CC3)CC2)CC1. The number of nitrogens with zero attached hydrogens (tertiary/aromatic N) is 6. The van der Waals surface area contributed by atoms with Crippen molar-refractivity contribution in [2.75, 3.05) is 80.1 Å². The van der Waals surface area contributed by atoms with Crippen LogP contribution < -0.4 is 25.3 Å². The number of amides is 1. The number of carbonyl (C=O) groups is 1. The average Bonchev–Trinajstić information content (AvgIpc) is 3.81. The van der Waals surface area contributed by atoms with Crippen LogP contribution in [0.15, 0.2) is 55.4 Å². The van der Waals surface area contributed by atoms with Gasteiger partial charge in [-0.25, -0.2) is 23.8 Å². The van der Waals surface area contributed by atoms with E-state index in [4.69, 9.17) is 9.57 Å². The molecule has 4 fully saturated rings. The van der Waals surface area contributed by atoms with Gasteiger partial charge in [0.05, 0.1) is 36.8 Å². The van der Waals surface area contributed by atoms with Crippen molar-refractivity contribution < 1.29 is 23.1 Å². The lowest BCUT2D eigenvalue weighted by Crippen LogP contribution is -2.53. The quantitative estimate of drug-likeness (QED) is 0.254. The number of hydroxylamine groups is 1. The van der Waals surface area contributed by atoms with Gasteiger partial charge in [-0.2, -0.15) is 0 Å². The van der Waals surface area contributed by atoms with Crippen LogP contribution in [0.4, 0.5) is 37.5 Å². The number of nitrogens with one attached hydrogen (secondary N) is 2. The van der Waals surface area contributed by atoms with E-state index in [-0.39, 0.29) is 18.1 Å². The molecule has 0 radical (unpaired) electrons. The minimum absolute atomic E-state index is 0.0662. The summed E-state index contributed by atoms with van der Waals surface area (Å²) in [6, 6.07) is 9.07. The first-order valence-electron chi connectivity index (χ1n) is 17.2. The lowest BCUT2D eigenvalue weighted by Gasteiger charge is -2.43. The number of halogens is 2. The molecule has 7 rings (SSSR count). The number of carbonyl (C=O) groups excluding carboxylic acids is 1. The zero-order valence-corrected chi connectivity index (χ0v) is 27.9. The fraction of sp³-hybridized carbons (Fsp3) is 0.472. The number of piperidine rings is 1. The van der Waals surface area contributed by atoms with Gasteiger partial charge < -0.3 is 25.2 Å². The summed E-state index contributed by atoms with van der Waals surface area (Å²) in [5, 5.41) is 7.69. The third-order valence-corrected chi connectivity index (χ3v) is 10.1. The summed E-state index contributed by atoms with van der Waals surface area (Å²) in [4.78, 5) is 34.7. The average molecular weight is 675 g/mol. The first kappa shape index (κ1) is 33.2. The Bertz CT molecular complexity index is 1640. The fourth-order valence-corrected chi connectivity index (χ4v) is 7.29. The van der Waals surface area contributed by atoms with Crippen molar-refractivity contribution in [3.05, 3.63) is 72.6 Å². The molecule has 3 saturated heterocycles. The summed E-state index contributed by atoms with van der Waals surface area (Å²) >= 11 is 0. The summed E-state index contributed by atoms with van der Waals surface area (Å²) in [6.45, 7) is 11.5. The number of hydrogen-bond donors (Lipinski definition) is 2. The minimum atomic E-state index is -0.695. The summed E-state index contributed by atoms with van der Waals surface area (Å²) in [7, 11) is 1.60. The van der Waals surface area contributed by atoms with Gasteiger partial charge in [0, 0.05) is 76.0 Å². The monoisotopic (exact) mass is 674 g/mol. The van der Waals surface area contributed by atoms with E-state index in [0.717, 1.165) is 63.7 Å². The predicted molar refractivity (Wildman–Crippen MR) is 185 cm³/mol. The van der Waals surface area contributed by atoms with Crippen LogP contribution in [0, 0.1) is 17.6 Å². The Kier molecular flexibility index (Phi) is 9.92. The molecule has 1 amide bonds. The van der Waals surface area contributed by atoms with Crippen molar-refractivity contribution in [3.63, 3.8) is 0 Å². The molecule has 1 atom stereocenters. The van der Waals surface area contributed by atoms with E-state index in [0.29, 0.717) is 41.2 Å². The third-order valence-electron chi connectivity index (χ3n) is 10.1. The Labute approximate surface area is 285 Å². The van der Waals surface area contributed by atoms with Gasteiger partial charge >= 0.3 is 0 Å². The molecule has 0 bridgehead atoms. The van der Waals surface area contributed by atoms with E-state index in [1.165, 1.54) is 55.1 Å². The molecule has 0 unspecified atom stereocenters. The molecular formula is C36H44F2N8O3. The van der Waals surface area contributed by atoms with Gasteiger partial charge in [-0.05, 0) is 55.9 Å². The van der Waals surface area contributed by atoms with Crippen molar-refractivity contribution in [1.29, 1.82) is 0 Å². The lowest BCUT2D eigenvalue weighted by atomic mass is 10.0. The number of benzene rings is 2. The van der Waals surface area contributed by atoms with Gasteiger partial charge in [0.1, 0.15) is 29.5 Å². The number of aromatic nitrogens is 2. The van der Waals surface area contributed by atoms with Crippen molar-refractivity contribution in [3.8, 4) is 5.75 Å². The molecule has 11 nitrogen and oxygen atoms in total. The minimum Gasteiger partial charge on any atom is -0.494 e. The number of anilines is 5. The van der Waals surface area contributed by atoms with Gasteiger partial charge in [0.2, 0.25) is 5.91 Å². The number of methoxy groups -OCH3 is 1. The Balaban J connectivity index is 1.07. The molecule has 2 aromatic carbocycles. The van der Waals surface area contributed by atoms with Crippen LogP contribution in [0.25, 0.3) is 0 Å². The molecule has 1 saturated carbocycles. The van der Waals surface area contributed by atoms with Crippen molar-refractivity contribution >= 4 is 34.6 Å². The molecular weight excluding hydrogens is 630 g/mol. The lowest BCUT2D eigenvalue weighted by molar-refractivity contribution is -0.111. The molecule has 2 N–H and O–H groups in total. The molecule has 0 spiro atoms. The molecule has 3 aromatic rings. The van der Waals surface area contributed by atoms with E-state index in [1.807, 2.05) is 12.1 Å². The Morgan fingerprint density at radius 2 is 1.76 bits per heavy atom. The third kappa shape index (κ3) is 7.48. The molecule has 260 valence electrons. The highest BCUT2D eigenvalue weighted by Gasteiger charge is 2.34. The summed E-state index contributed by atoms with van der Waals surface area (Å²) in [5.41, 5.74) is 1.98. The Morgan fingerprint density at radius 3 is 2.45 bits per heavy atom. The standard InChI is InChI=1S/C36H44F2N8O3/c1-3-35(47)42-28-19-29(41-33-21-34(40-23-39-33)46-30(11-18-49-46)36-26(37)5-4-6-27(36)38)32(48-2)20-31(28)45-12-9-25(10-13-45)44-16-14-43(15-17-44)22-24-7-8-24/h3-6,19-21,23-25,30H,1,7-18,22H2,2H3,(H,42,47)(H,39,40,41)/t30-/m0/s1. The van der Waals surface area contributed by atoms with Crippen LogP contribution in [0.3, 0.4) is 0 Å². The normalized spacial score (nSPS) is 20.8. The van der Waals surface area contributed by atoms with Crippen LogP contribution in [0.2, 0.25) is 0 Å². The summed E-state index contributed by atoms with van der Waals surface area (Å²) in [5.74, 6) is 0.627. The first-order valence-corrected chi connectivity index (χ1v) is 17.2. The molecule has 1 aliphatic carbocycles. The van der Waals surface area contributed by atoms with E-state index < -0.39 is 17.7 Å². The van der Waals surface area contributed by atoms with Crippen LogP contribution in [-0.4, -0.2) is 91.2 Å². The van der Waals surface area contributed by atoms with E-state index in [2.05, 4.69) is 41.9 Å². The summed E-state index contributed by atoms with van der Waals surface area (Å²) < 4.78 is 35.2. The zero-order chi connectivity index (χ0) is 33.9. The molecule has 1 aromatic heterocycles. The molecule has 49 heavy (non-hydrogen) atoms. The van der Waals surface area contributed by atoms with Gasteiger partial charge in [0.25, 0.3) is 0 Å².